The van der Waals surface area contributed by atoms with E-state index in [1.165, 1.54) is 21.6 Å². The van der Waals surface area contributed by atoms with Crippen molar-refractivity contribution in [3.05, 3.63) is 68.2 Å². The summed E-state index contributed by atoms with van der Waals surface area (Å²) in [7, 11) is 1.62. The lowest BCUT2D eigenvalue weighted by Gasteiger charge is -2.35. The summed E-state index contributed by atoms with van der Waals surface area (Å²) in [4.78, 5) is 16.7. The number of carbonyl (C=O) groups is 1. The van der Waals surface area contributed by atoms with Crippen LogP contribution in [0.2, 0.25) is 0 Å². The molecule has 5 nitrogen and oxygen atoms in total. The quantitative estimate of drug-likeness (QED) is 0.576. The number of morpholine rings is 1. The van der Waals surface area contributed by atoms with Crippen molar-refractivity contribution in [3.63, 3.8) is 0 Å². The molecule has 3 aromatic rings. The predicted octanol–water partition coefficient (Wildman–Crippen LogP) is 5.11. The molecule has 1 N–H and O–H groups in total. The van der Waals surface area contributed by atoms with Crippen LogP contribution in [-0.2, 0) is 4.74 Å². The van der Waals surface area contributed by atoms with E-state index in [1.807, 2.05) is 12.1 Å². The largest absolute Gasteiger partial charge is 0.497 e. The van der Waals surface area contributed by atoms with Crippen LogP contribution in [0.15, 0.2) is 41.1 Å². The third-order valence-electron chi connectivity index (χ3n) is 5.55. The molecule has 7 heteroatoms. The molecule has 0 radical (unpaired) electrons. The molecule has 3 heterocycles. The first-order valence-corrected chi connectivity index (χ1v) is 11.7. The number of nitrogens with zero attached hydrogens (tertiary/aromatic N) is 1. The van der Waals surface area contributed by atoms with E-state index in [2.05, 4.69) is 40.9 Å². The van der Waals surface area contributed by atoms with Gasteiger partial charge in [0.25, 0.3) is 5.91 Å². The van der Waals surface area contributed by atoms with Crippen LogP contribution >= 0.6 is 22.7 Å². The monoisotopic (exact) mass is 442 g/mol. The molecule has 30 heavy (non-hydrogen) atoms. The highest BCUT2D eigenvalue weighted by molar-refractivity contribution is 7.16. The molecule has 2 aromatic heterocycles. The van der Waals surface area contributed by atoms with Gasteiger partial charge in [-0.15, -0.1) is 11.3 Å². The van der Waals surface area contributed by atoms with Gasteiger partial charge in [0.15, 0.2) is 0 Å². The van der Waals surface area contributed by atoms with Gasteiger partial charge in [0.1, 0.15) is 10.8 Å². The van der Waals surface area contributed by atoms with Gasteiger partial charge in [-0.2, -0.15) is 11.3 Å². The molecule has 0 saturated carbocycles. The fraction of sp³-hybridized carbons (Fsp3) is 0.348. The maximum atomic E-state index is 13.0. The molecule has 1 aliphatic heterocycles. The van der Waals surface area contributed by atoms with Gasteiger partial charge < -0.3 is 14.8 Å². The molecule has 158 valence electrons. The summed E-state index contributed by atoms with van der Waals surface area (Å²) >= 11 is 3.36. The van der Waals surface area contributed by atoms with Crippen LogP contribution in [0, 0.1) is 13.8 Å². The van der Waals surface area contributed by atoms with Crippen molar-refractivity contribution in [2.75, 3.05) is 38.7 Å². The Morgan fingerprint density at radius 1 is 1.17 bits per heavy atom. The van der Waals surface area contributed by atoms with Crippen molar-refractivity contribution in [1.82, 2.24) is 4.90 Å². The van der Waals surface area contributed by atoms with Gasteiger partial charge in [-0.25, -0.2) is 0 Å². The first-order valence-electron chi connectivity index (χ1n) is 9.97. The summed E-state index contributed by atoms with van der Waals surface area (Å²) in [5.41, 5.74) is 4.32. The summed E-state index contributed by atoms with van der Waals surface area (Å²) in [5, 5.41) is 8.44. The Kier molecular flexibility index (Phi) is 6.53. The fourth-order valence-corrected chi connectivity index (χ4v) is 5.58. The molecule has 1 fully saturated rings. The van der Waals surface area contributed by atoms with E-state index in [4.69, 9.17) is 9.47 Å². The summed E-state index contributed by atoms with van der Waals surface area (Å²) < 4.78 is 10.8. The zero-order valence-electron chi connectivity index (χ0n) is 17.4. The Morgan fingerprint density at radius 3 is 2.53 bits per heavy atom. The zero-order valence-corrected chi connectivity index (χ0v) is 19.1. The number of nitrogens with one attached hydrogen (secondary N) is 1. The Morgan fingerprint density at radius 2 is 1.90 bits per heavy atom. The van der Waals surface area contributed by atoms with Crippen LogP contribution in [0.25, 0.3) is 0 Å². The third kappa shape index (κ3) is 4.30. The molecule has 1 aromatic carbocycles. The number of aryl methyl sites for hydroxylation is 1. The second kappa shape index (κ2) is 9.31. The summed E-state index contributed by atoms with van der Waals surface area (Å²) in [6, 6.07) is 9.49. The number of anilines is 1. The van der Waals surface area contributed by atoms with E-state index in [0.29, 0.717) is 5.56 Å². The zero-order chi connectivity index (χ0) is 21.1. The van der Waals surface area contributed by atoms with Gasteiger partial charge in [-0.05, 0) is 66.1 Å². The van der Waals surface area contributed by atoms with Crippen LogP contribution < -0.4 is 10.1 Å². The summed E-state index contributed by atoms with van der Waals surface area (Å²) in [5.74, 6) is 0.631. The number of carbonyl (C=O) groups excluding carboxylic acids is 1. The number of hydrogen-bond donors (Lipinski definition) is 1. The minimum Gasteiger partial charge on any atom is -0.497 e. The second-order valence-electron chi connectivity index (χ2n) is 7.32. The fourth-order valence-electron chi connectivity index (χ4n) is 3.81. The van der Waals surface area contributed by atoms with Crippen molar-refractivity contribution in [2.45, 2.75) is 19.9 Å². The van der Waals surface area contributed by atoms with Crippen LogP contribution in [-0.4, -0.2) is 44.2 Å². The molecule has 1 atom stereocenters. The van der Waals surface area contributed by atoms with Crippen molar-refractivity contribution in [2.24, 2.45) is 0 Å². The number of rotatable bonds is 6. The van der Waals surface area contributed by atoms with Gasteiger partial charge in [0.2, 0.25) is 0 Å². The number of methoxy groups -OCH3 is 1. The highest BCUT2D eigenvalue weighted by atomic mass is 32.1. The minimum absolute atomic E-state index is 0.105. The lowest BCUT2D eigenvalue weighted by Crippen LogP contribution is -2.39. The molecule has 0 unspecified atom stereocenters. The van der Waals surface area contributed by atoms with Gasteiger partial charge in [-0.3, -0.25) is 9.69 Å². The van der Waals surface area contributed by atoms with Crippen molar-refractivity contribution in [1.29, 1.82) is 0 Å². The molecule has 0 aliphatic carbocycles. The highest BCUT2D eigenvalue weighted by Crippen LogP contribution is 2.43. The first-order chi connectivity index (χ1) is 14.6. The first kappa shape index (κ1) is 21.1. The van der Waals surface area contributed by atoms with Gasteiger partial charge in [-0.1, -0.05) is 0 Å². The molecule has 1 saturated heterocycles. The number of amides is 1. The molecular weight excluding hydrogens is 416 g/mol. The molecule has 1 aliphatic rings. The highest BCUT2D eigenvalue weighted by Gasteiger charge is 2.30. The maximum absolute atomic E-state index is 13.0. The lowest BCUT2D eigenvalue weighted by molar-refractivity contribution is 0.0241. The van der Waals surface area contributed by atoms with Crippen molar-refractivity contribution >= 4 is 33.6 Å². The molecule has 1 amide bonds. The third-order valence-corrected chi connectivity index (χ3v) is 7.39. The van der Waals surface area contributed by atoms with Gasteiger partial charge in [0, 0.05) is 29.1 Å². The minimum atomic E-state index is -0.105. The van der Waals surface area contributed by atoms with Crippen molar-refractivity contribution in [3.8, 4) is 5.75 Å². The normalized spacial score (nSPS) is 15.7. The maximum Gasteiger partial charge on any atom is 0.256 e. The smallest absolute Gasteiger partial charge is 0.256 e. The van der Waals surface area contributed by atoms with E-state index in [0.717, 1.165) is 37.1 Å². The average Bonchev–Trinajstić information content (AvgIpc) is 3.39. The van der Waals surface area contributed by atoms with Crippen LogP contribution in [0.5, 0.6) is 5.75 Å². The standard InChI is InChI=1S/C23H26N2O3S2/c1-15-16(2)30-23(24-22(26)17-4-6-19(27-3)7-5-17)20(15)21(18-8-13-29-14-18)25-9-11-28-12-10-25/h4-8,13-14,21H,9-12H2,1-3H3,(H,24,26)/t21-/m0/s1. The molecule has 0 bridgehead atoms. The number of hydrogen-bond acceptors (Lipinski definition) is 6. The van der Waals surface area contributed by atoms with Crippen molar-refractivity contribution < 1.29 is 14.3 Å². The molecule has 4 rings (SSSR count). The van der Waals surface area contributed by atoms with E-state index in [1.54, 1.807) is 41.9 Å². The van der Waals surface area contributed by atoms with Gasteiger partial charge in [0.05, 0.1) is 26.4 Å². The van der Waals surface area contributed by atoms with Gasteiger partial charge >= 0.3 is 0 Å². The van der Waals surface area contributed by atoms with E-state index < -0.39 is 0 Å². The summed E-state index contributed by atoms with van der Waals surface area (Å²) in [6.07, 6.45) is 0. The molecular formula is C23H26N2O3S2. The Labute approximate surface area is 185 Å². The Bertz CT molecular complexity index is 990. The van der Waals surface area contributed by atoms with E-state index >= 15 is 0 Å². The Balaban J connectivity index is 1.69. The topological polar surface area (TPSA) is 50.8 Å². The Hall–Kier alpha value is -2.19. The SMILES string of the molecule is COc1ccc(C(=O)Nc2sc(C)c(C)c2[C@H](c2ccsc2)N2CCOCC2)cc1. The number of thiophene rings is 2. The number of benzene rings is 1. The average molecular weight is 443 g/mol. The lowest BCUT2D eigenvalue weighted by atomic mass is 9.96. The number of ether oxygens (including phenoxy) is 2. The summed E-state index contributed by atoms with van der Waals surface area (Å²) in [6.45, 7) is 7.49. The van der Waals surface area contributed by atoms with Crippen LogP contribution in [0.4, 0.5) is 5.00 Å². The van der Waals surface area contributed by atoms with Crippen LogP contribution in [0.3, 0.4) is 0 Å². The molecule has 0 spiro atoms. The van der Waals surface area contributed by atoms with E-state index in [-0.39, 0.29) is 11.9 Å². The second-order valence-corrected chi connectivity index (χ2v) is 9.32. The van der Waals surface area contributed by atoms with E-state index in [9.17, 15) is 4.79 Å². The van der Waals surface area contributed by atoms with Crippen LogP contribution in [0.1, 0.15) is 38.0 Å². The predicted molar refractivity (Wildman–Crippen MR) is 123 cm³/mol.